The molecule has 0 spiro atoms. The van der Waals surface area contributed by atoms with Gasteiger partial charge in [0.25, 0.3) is 0 Å². The number of ether oxygens (including phenoxy) is 3. The van der Waals surface area contributed by atoms with Crippen molar-refractivity contribution in [1.29, 1.82) is 0 Å². The molecule has 2 N–H and O–H groups in total. The van der Waals surface area contributed by atoms with Crippen LogP contribution in [0.15, 0.2) is 24.3 Å². The third-order valence-corrected chi connectivity index (χ3v) is 3.23. The number of alkyl carbamates (subject to hydrolysis) is 1. The summed E-state index contributed by atoms with van der Waals surface area (Å²) in [5.41, 5.74) is -0.469. The first-order valence-electron chi connectivity index (χ1n) is 8.73. The molecule has 0 saturated carbocycles. The van der Waals surface area contributed by atoms with E-state index in [1.807, 2.05) is 0 Å². The van der Waals surface area contributed by atoms with E-state index in [-0.39, 0.29) is 24.6 Å². The fraction of sp³-hybridized carbons (Fsp3) is 0.526. The van der Waals surface area contributed by atoms with Crippen molar-refractivity contribution in [1.82, 2.24) is 5.32 Å². The number of hydrogen-bond donors (Lipinski definition) is 2. The second kappa shape index (κ2) is 10.4. The third-order valence-electron chi connectivity index (χ3n) is 3.23. The van der Waals surface area contributed by atoms with Gasteiger partial charge in [-0.15, -0.1) is 0 Å². The minimum Gasteiger partial charge on any atom is -0.493 e. The lowest BCUT2D eigenvalue weighted by molar-refractivity contribution is -0.143. The van der Waals surface area contributed by atoms with Crippen molar-refractivity contribution in [2.24, 2.45) is 0 Å². The number of esters is 1. The van der Waals surface area contributed by atoms with Crippen LogP contribution in [0.25, 0.3) is 0 Å². The number of carbonyl (C=O) groups is 3. The summed E-state index contributed by atoms with van der Waals surface area (Å²) in [7, 11) is 0. The van der Waals surface area contributed by atoms with Gasteiger partial charge in [-0.05, 0) is 40.2 Å². The molecule has 0 radical (unpaired) electrons. The predicted octanol–water partition coefficient (Wildman–Crippen LogP) is 3.06. The van der Waals surface area contributed by atoms with Crippen molar-refractivity contribution < 1.29 is 33.7 Å². The van der Waals surface area contributed by atoms with Gasteiger partial charge in [-0.25, -0.2) is 9.59 Å². The summed E-state index contributed by atoms with van der Waals surface area (Å²) in [4.78, 5) is 35.0. The van der Waals surface area contributed by atoms with Crippen molar-refractivity contribution in [3.8, 4) is 5.75 Å². The zero-order valence-corrected chi connectivity index (χ0v) is 16.1. The van der Waals surface area contributed by atoms with Crippen LogP contribution < -0.4 is 10.1 Å². The average molecular weight is 381 g/mol. The highest BCUT2D eigenvalue weighted by Gasteiger charge is 2.27. The van der Waals surface area contributed by atoms with Crippen LogP contribution in [0, 0.1) is 0 Å². The van der Waals surface area contributed by atoms with E-state index in [0.29, 0.717) is 18.8 Å². The van der Waals surface area contributed by atoms with E-state index in [1.54, 1.807) is 52.0 Å². The summed E-state index contributed by atoms with van der Waals surface area (Å²) >= 11 is 0. The van der Waals surface area contributed by atoms with Gasteiger partial charge in [0.2, 0.25) is 0 Å². The molecule has 0 saturated heterocycles. The average Bonchev–Trinajstić information content (AvgIpc) is 2.55. The van der Waals surface area contributed by atoms with Crippen LogP contribution in [0.1, 0.15) is 52.1 Å². The highest BCUT2D eigenvalue weighted by atomic mass is 16.6. The first-order valence-corrected chi connectivity index (χ1v) is 8.73. The molecule has 0 aliphatic heterocycles. The second-order valence-electron chi connectivity index (χ2n) is 6.71. The zero-order valence-electron chi connectivity index (χ0n) is 16.1. The van der Waals surface area contributed by atoms with E-state index in [4.69, 9.17) is 14.2 Å². The Labute approximate surface area is 158 Å². The molecule has 0 bridgehead atoms. The number of carbonyl (C=O) groups excluding carboxylic acids is 2. The molecular weight excluding hydrogens is 354 g/mol. The fourth-order valence-corrected chi connectivity index (χ4v) is 2.18. The van der Waals surface area contributed by atoms with Crippen LogP contribution >= 0.6 is 0 Å². The Bertz CT molecular complexity index is 652. The molecule has 1 aromatic carbocycles. The van der Waals surface area contributed by atoms with Crippen LogP contribution in [0.2, 0.25) is 0 Å². The monoisotopic (exact) mass is 381 g/mol. The number of amides is 1. The zero-order chi connectivity index (χ0) is 20.4. The lowest BCUT2D eigenvalue weighted by Gasteiger charge is -2.23. The number of aliphatic carboxylic acids is 1. The van der Waals surface area contributed by atoms with Crippen molar-refractivity contribution >= 4 is 18.0 Å². The number of carboxylic acids is 1. The molecule has 1 unspecified atom stereocenters. The predicted molar refractivity (Wildman–Crippen MR) is 97.6 cm³/mol. The van der Waals surface area contributed by atoms with E-state index in [9.17, 15) is 19.5 Å². The van der Waals surface area contributed by atoms with Crippen LogP contribution in [0.4, 0.5) is 4.79 Å². The maximum absolute atomic E-state index is 12.0. The summed E-state index contributed by atoms with van der Waals surface area (Å²) < 4.78 is 15.6. The normalized spacial score (nSPS) is 12.0. The molecule has 1 amide bonds. The second-order valence-corrected chi connectivity index (χ2v) is 6.71. The van der Waals surface area contributed by atoms with Gasteiger partial charge in [0, 0.05) is 12.0 Å². The van der Waals surface area contributed by atoms with Crippen LogP contribution in [0.5, 0.6) is 5.75 Å². The van der Waals surface area contributed by atoms with Crippen molar-refractivity contribution in [3.63, 3.8) is 0 Å². The molecule has 0 aliphatic rings. The van der Waals surface area contributed by atoms with E-state index >= 15 is 0 Å². The molecule has 150 valence electrons. The summed E-state index contributed by atoms with van der Waals surface area (Å²) in [5.74, 6) is -1.25. The maximum atomic E-state index is 12.0. The van der Waals surface area contributed by atoms with Crippen molar-refractivity contribution in [2.75, 3.05) is 13.2 Å². The first kappa shape index (κ1) is 22.3. The number of carboxylic acid groups (broad SMARTS) is 1. The Morgan fingerprint density at radius 3 is 2.44 bits per heavy atom. The summed E-state index contributed by atoms with van der Waals surface area (Å²) in [6, 6.07) is 5.16. The molecule has 0 fully saturated rings. The molecular formula is C19H27NO7. The summed E-state index contributed by atoms with van der Waals surface area (Å²) in [5, 5.41) is 11.9. The van der Waals surface area contributed by atoms with E-state index in [1.165, 1.54) is 0 Å². The molecule has 27 heavy (non-hydrogen) atoms. The molecule has 1 aromatic rings. The number of benzene rings is 1. The SMILES string of the molecule is CCOC(=O)CCCOc1ccccc1C(NC(=O)OC(C)(C)C)C(=O)O. The molecule has 8 nitrogen and oxygen atoms in total. The van der Waals surface area contributed by atoms with Gasteiger partial charge in [0.15, 0.2) is 6.04 Å². The lowest BCUT2D eigenvalue weighted by Crippen LogP contribution is -2.38. The van der Waals surface area contributed by atoms with Crippen LogP contribution in [0.3, 0.4) is 0 Å². The Hall–Kier alpha value is -2.77. The number of rotatable bonds is 9. The Morgan fingerprint density at radius 2 is 1.85 bits per heavy atom. The molecule has 0 aromatic heterocycles. The molecule has 0 aliphatic carbocycles. The van der Waals surface area contributed by atoms with E-state index < -0.39 is 23.7 Å². The van der Waals surface area contributed by atoms with Crippen molar-refractivity contribution in [3.05, 3.63) is 29.8 Å². The van der Waals surface area contributed by atoms with Gasteiger partial charge >= 0.3 is 18.0 Å². The first-order chi connectivity index (χ1) is 12.6. The Morgan fingerprint density at radius 1 is 1.19 bits per heavy atom. The number of nitrogens with one attached hydrogen (secondary N) is 1. The fourth-order valence-electron chi connectivity index (χ4n) is 2.18. The lowest BCUT2D eigenvalue weighted by atomic mass is 10.1. The Kier molecular flexibility index (Phi) is 8.58. The summed E-state index contributed by atoms with van der Waals surface area (Å²) in [6.07, 6.45) is -0.217. The van der Waals surface area contributed by atoms with Gasteiger partial charge < -0.3 is 24.6 Å². The van der Waals surface area contributed by atoms with Crippen molar-refractivity contribution in [2.45, 2.75) is 52.2 Å². The van der Waals surface area contributed by atoms with Gasteiger partial charge in [-0.1, -0.05) is 18.2 Å². The molecule has 1 rings (SSSR count). The third kappa shape index (κ3) is 8.44. The number of hydrogen-bond acceptors (Lipinski definition) is 6. The summed E-state index contributed by atoms with van der Waals surface area (Å²) in [6.45, 7) is 7.30. The largest absolute Gasteiger partial charge is 0.493 e. The highest BCUT2D eigenvalue weighted by molar-refractivity contribution is 5.82. The quantitative estimate of drug-likeness (QED) is 0.499. The molecule has 8 heteroatoms. The van der Waals surface area contributed by atoms with E-state index in [2.05, 4.69) is 5.32 Å². The maximum Gasteiger partial charge on any atom is 0.408 e. The van der Waals surface area contributed by atoms with Gasteiger partial charge in [-0.3, -0.25) is 4.79 Å². The van der Waals surface area contributed by atoms with Gasteiger partial charge in [-0.2, -0.15) is 0 Å². The molecule has 1 atom stereocenters. The Balaban J connectivity index is 2.79. The van der Waals surface area contributed by atoms with E-state index in [0.717, 1.165) is 0 Å². The van der Waals surface area contributed by atoms with Crippen LogP contribution in [-0.2, 0) is 19.1 Å². The smallest absolute Gasteiger partial charge is 0.408 e. The highest BCUT2D eigenvalue weighted by Crippen LogP contribution is 2.26. The topological polar surface area (TPSA) is 111 Å². The van der Waals surface area contributed by atoms with Gasteiger partial charge in [0.1, 0.15) is 11.4 Å². The minimum atomic E-state index is -1.33. The molecule has 0 heterocycles. The number of para-hydroxylation sites is 1. The van der Waals surface area contributed by atoms with Gasteiger partial charge in [0.05, 0.1) is 13.2 Å². The standard InChI is InChI=1S/C19H27NO7/c1-5-25-15(21)11-8-12-26-14-10-7-6-9-13(14)16(17(22)23)20-18(24)27-19(2,3)4/h6-7,9-10,16H,5,8,11-12H2,1-4H3,(H,20,24)(H,22,23). The minimum absolute atomic E-state index is 0.203. The van der Waals surface area contributed by atoms with Crippen LogP contribution in [-0.4, -0.2) is 42.0 Å².